The molecular formula is C8H14O2S2. The van der Waals surface area contributed by atoms with E-state index in [-0.39, 0.29) is 0 Å². The maximum Gasteiger partial charge on any atom is 0.172 e. The number of unbranched alkanes of at least 4 members (excludes halogenated alkanes) is 1. The monoisotopic (exact) mass is 206 g/mol. The molecular weight excluding hydrogens is 192 g/mol. The summed E-state index contributed by atoms with van der Waals surface area (Å²) in [6.07, 6.45) is 3.08. The second-order valence-corrected chi connectivity index (χ2v) is 6.09. The number of hydrogen-bond acceptors (Lipinski definition) is 3. The highest BCUT2D eigenvalue weighted by atomic mass is 32.2. The van der Waals surface area contributed by atoms with Gasteiger partial charge in [-0.3, -0.25) is 0 Å². The molecule has 0 N–H and O–H groups in total. The molecule has 0 fully saturated rings. The van der Waals surface area contributed by atoms with Crippen LogP contribution in [-0.4, -0.2) is 19.9 Å². The van der Waals surface area contributed by atoms with Crippen LogP contribution in [0.25, 0.3) is 0 Å². The van der Waals surface area contributed by atoms with Crippen LogP contribution in [0.2, 0.25) is 0 Å². The predicted octanol–water partition coefficient (Wildman–Crippen LogP) is 2.18. The van der Waals surface area contributed by atoms with Crippen LogP contribution >= 0.6 is 11.8 Å². The molecule has 1 rings (SSSR count). The quantitative estimate of drug-likeness (QED) is 0.661. The van der Waals surface area contributed by atoms with E-state index in [0.29, 0.717) is 5.75 Å². The average Bonchev–Trinajstić information content (AvgIpc) is 2.31. The molecule has 0 aromatic rings. The van der Waals surface area contributed by atoms with Gasteiger partial charge in [-0.05, 0) is 23.5 Å². The Morgan fingerprint density at radius 2 is 2.33 bits per heavy atom. The first-order chi connectivity index (χ1) is 5.64. The van der Waals surface area contributed by atoms with E-state index in [9.17, 15) is 8.42 Å². The van der Waals surface area contributed by atoms with Crippen LogP contribution in [0.1, 0.15) is 26.2 Å². The SMILES string of the molecule is CCCCSC1=CS(=O)(=O)CC1. The van der Waals surface area contributed by atoms with Gasteiger partial charge in [0, 0.05) is 5.41 Å². The summed E-state index contributed by atoms with van der Waals surface area (Å²) in [6.45, 7) is 2.14. The van der Waals surface area contributed by atoms with E-state index in [1.165, 1.54) is 18.2 Å². The minimum Gasteiger partial charge on any atom is -0.224 e. The fourth-order valence-electron chi connectivity index (χ4n) is 1.01. The van der Waals surface area contributed by atoms with Gasteiger partial charge in [0.1, 0.15) is 0 Å². The van der Waals surface area contributed by atoms with E-state index in [1.54, 1.807) is 11.8 Å². The second-order valence-electron chi connectivity index (χ2n) is 2.90. The van der Waals surface area contributed by atoms with Crippen molar-refractivity contribution >= 4 is 21.6 Å². The highest BCUT2D eigenvalue weighted by Crippen LogP contribution is 2.27. The second kappa shape index (κ2) is 4.33. The first-order valence-electron chi connectivity index (χ1n) is 4.20. The summed E-state index contributed by atoms with van der Waals surface area (Å²) in [5, 5.41) is 1.44. The van der Waals surface area contributed by atoms with Gasteiger partial charge in [0.2, 0.25) is 0 Å². The molecule has 0 spiro atoms. The van der Waals surface area contributed by atoms with Crippen LogP contribution in [-0.2, 0) is 9.84 Å². The minimum atomic E-state index is -2.82. The van der Waals surface area contributed by atoms with E-state index in [4.69, 9.17) is 0 Å². The van der Waals surface area contributed by atoms with E-state index in [2.05, 4.69) is 6.92 Å². The Balaban J connectivity index is 2.36. The molecule has 1 aliphatic rings. The van der Waals surface area contributed by atoms with Gasteiger partial charge >= 0.3 is 0 Å². The summed E-state index contributed by atoms with van der Waals surface area (Å²) >= 11 is 1.69. The third-order valence-corrected chi connectivity index (χ3v) is 4.48. The van der Waals surface area contributed by atoms with Crippen molar-refractivity contribution in [1.29, 1.82) is 0 Å². The van der Waals surface area contributed by atoms with Gasteiger partial charge in [-0.15, -0.1) is 11.8 Å². The lowest BCUT2D eigenvalue weighted by Crippen LogP contribution is -1.92. The van der Waals surface area contributed by atoms with Gasteiger partial charge in [-0.25, -0.2) is 8.42 Å². The molecule has 0 aromatic heterocycles. The lowest BCUT2D eigenvalue weighted by atomic mass is 10.4. The maximum absolute atomic E-state index is 11.0. The van der Waals surface area contributed by atoms with E-state index in [1.807, 2.05) is 0 Å². The molecule has 0 aliphatic carbocycles. The molecule has 1 aliphatic heterocycles. The Bertz CT molecular complexity index is 265. The lowest BCUT2D eigenvalue weighted by Gasteiger charge is -1.97. The van der Waals surface area contributed by atoms with Gasteiger partial charge < -0.3 is 0 Å². The van der Waals surface area contributed by atoms with Crippen molar-refractivity contribution in [2.45, 2.75) is 26.2 Å². The smallest absolute Gasteiger partial charge is 0.172 e. The Morgan fingerprint density at radius 1 is 1.58 bits per heavy atom. The Hall–Kier alpha value is 0.0400. The average molecular weight is 206 g/mol. The van der Waals surface area contributed by atoms with Crippen molar-refractivity contribution in [2.24, 2.45) is 0 Å². The molecule has 0 saturated heterocycles. The van der Waals surface area contributed by atoms with Crippen LogP contribution in [0.15, 0.2) is 10.3 Å². The molecule has 4 heteroatoms. The summed E-state index contributed by atoms with van der Waals surface area (Å²) in [4.78, 5) is 1.04. The van der Waals surface area contributed by atoms with Crippen LogP contribution in [0.3, 0.4) is 0 Å². The molecule has 0 atom stereocenters. The van der Waals surface area contributed by atoms with Crippen molar-refractivity contribution in [3.63, 3.8) is 0 Å². The molecule has 0 unspecified atom stereocenters. The largest absolute Gasteiger partial charge is 0.224 e. The zero-order valence-electron chi connectivity index (χ0n) is 7.25. The molecule has 1 heterocycles. The Kier molecular flexibility index (Phi) is 3.65. The topological polar surface area (TPSA) is 34.1 Å². The number of sulfone groups is 1. The van der Waals surface area contributed by atoms with Crippen molar-refractivity contribution in [3.05, 3.63) is 10.3 Å². The third-order valence-electron chi connectivity index (χ3n) is 1.73. The minimum absolute atomic E-state index is 0.321. The number of thioether (sulfide) groups is 1. The molecule has 0 saturated carbocycles. The normalized spacial score (nSPS) is 20.9. The maximum atomic E-state index is 11.0. The summed E-state index contributed by atoms with van der Waals surface area (Å²) in [6, 6.07) is 0. The zero-order chi connectivity index (χ0) is 9.03. The van der Waals surface area contributed by atoms with E-state index in [0.717, 1.165) is 17.1 Å². The Labute approximate surface area is 78.3 Å². The highest BCUT2D eigenvalue weighted by Gasteiger charge is 2.17. The molecule has 0 bridgehead atoms. The van der Waals surface area contributed by atoms with E-state index < -0.39 is 9.84 Å². The van der Waals surface area contributed by atoms with Crippen LogP contribution in [0, 0.1) is 0 Å². The van der Waals surface area contributed by atoms with E-state index >= 15 is 0 Å². The van der Waals surface area contributed by atoms with Crippen LogP contribution < -0.4 is 0 Å². The first kappa shape index (κ1) is 10.1. The number of rotatable bonds is 4. The van der Waals surface area contributed by atoms with Gasteiger partial charge in [0.15, 0.2) is 9.84 Å². The van der Waals surface area contributed by atoms with Crippen molar-refractivity contribution in [2.75, 3.05) is 11.5 Å². The molecule has 12 heavy (non-hydrogen) atoms. The fraction of sp³-hybridized carbons (Fsp3) is 0.750. The third kappa shape index (κ3) is 3.19. The van der Waals surface area contributed by atoms with Gasteiger partial charge in [0.05, 0.1) is 5.75 Å². The number of hydrogen-bond donors (Lipinski definition) is 0. The molecule has 0 amide bonds. The summed E-state index contributed by atoms with van der Waals surface area (Å²) in [5.74, 6) is 1.37. The predicted molar refractivity (Wildman–Crippen MR) is 53.9 cm³/mol. The van der Waals surface area contributed by atoms with Crippen molar-refractivity contribution in [3.8, 4) is 0 Å². The van der Waals surface area contributed by atoms with Crippen molar-refractivity contribution in [1.82, 2.24) is 0 Å². The molecule has 0 aromatic carbocycles. The fourth-order valence-corrected chi connectivity index (χ4v) is 3.94. The van der Waals surface area contributed by atoms with Gasteiger partial charge in [-0.1, -0.05) is 13.3 Å². The summed E-state index contributed by atoms with van der Waals surface area (Å²) in [5.41, 5.74) is 0. The van der Waals surface area contributed by atoms with Crippen LogP contribution in [0.4, 0.5) is 0 Å². The van der Waals surface area contributed by atoms with Crippen LogP contribution in [0.5, 0.6) is 0 Å². The summed E-state index contributed by atoms with van der Waals surface area (Å²) in [7, 11) is -2.82. The summed E-state index contributed by atoms with van der Waals surface area (Å²) < 4.78 is 22.0. The zero-order valence-corrected chi connectivity index (χ0v) is 8.88. The first-order valence-corrected chi connectivity index (χ1v) is 6.90. The highest BCUT2D eigenvalue weighted by molar-refractivity contribution is 8.04. The molecule has 0 radical (unpaired) electrons. The van der Waals surface area contributed by atoms with Crippen molar-refractivity contribution < 1.29 is 8.42 Å². The Morgan fingerprint density at radius 3 is 2.83 bits per heavy atom. The molecule has 2 nitrogen and oxygen atoms in total. The standard InChI is InChI=1S/C8H14O2S2/c1-2-3-5-11-8-4-6-12(9,10)7-8/h7H,2-6H2,1H3. The molecule has 70 valence electrons. The number of allylic oxidation sites excluding steroid dienone is 1. The van der Waals surface area contributed by atoms with Gasteiger partial charge in [0.25, 0.3) is 0 Å². The van der Waals surface area contributed by atoms with Gasteiger partial charge in [-0.2, -0.15) is 0 Å². The lowest BCUT2D eigenvalue weighted by molar-refractivity contribution is 0.606.